The maximum Gasteiger partial charge on any atom is 0.255 e. The van der Waals surface area contributed by atoms with Crippen LogP contribution in [0.5, 0.6) is 0 Å². The van der Waals surface area contributed by atoms with Crippen LogP contribution in [0.1, 0.15) is 27.0 Å². The van der Waals surface area contributed by atoms with Crippen molar-refractivity contribution in [1.29, 1.82) is 0 Å². The molecule has 0 aliphatic heterocycles. The lowest BCUT2D eigenvalue weighted by Crippen LogP contribution is -2.14. The van der Waals surface area contributed by atoms with Gasteiger partial charge in [-0.1, -0.05) is 48.5 Å². The number of carbonyl (C=O) groups excluding carboxylic acids is 1. The van der Waals surface area contributed by atoms with Crippen molar-refractivity contribution < 1.29 is 4.79 Å². The number of rotatable bonds is 5. The molecule has 0 saturated carbocycles. The molecule has 5 rings (SSSR count). The summed E-state index contributed by atoms with van der Waals surface area (Å²) in [6.07, 6.45) is 4.32. The number of benzene rings is 3. The van der Waals surface area contributed by atoms with Crippen molar-refractivity contribution >= 4 is 17.3 Å². The minimum atomic E-state index is -0.0705. The van der Waals surface area contributed by atoms with E-state index in [1.807, 2.05) is 54.6 Å². The first-order valence-electron chi connectivity index (χ1n) is 10.0. The van der Waals surface area contributed by atoms with Crippen molar-refractivity contribution in [2.75, 3.05) is 10.6 Å². The minimum absolute atomic E-state index is 0.0705. The summed E-state index contributed by atoms with van der Waals surface area (Å²) in [6, 6.07) is 26.1. The molecule has 2 N–H and O–H groups in total. The molecular formula is C26H21N3O. The van der Waals surface area contributed by atoms with E-state index in [1.54, 1.807) is 12.4 Å². The first-order valence-corrected chi connectivity index (χ1v) is 10.0. The third kappa shape index (κ3) is 3.55. The Labute approximate surface area is 175 Å². The fraction of sp³-hybridized carbons (Fsp3) is 0.0769. The highest BCUT2D eigenvalue weighted by Crippen LogP contribution is 2.38. The topological polar surface area (TPSA) is 54.0 Å². The Kier molecular flexibility index (Phi) is 4.74. The van der Waals surface area contributed by atoms with Crippen LogP contribution < -0.4 is 10.6 Å². The standard InChI is InChI=1S/C26H21N3O/c30-26(24-10-4-9-23-22-8-2-1-6-19(22)16-25(23)24)29-21-7-3-5-18(15-21)17-28-20-11-13-27-14-12-20/h1-15H,16-17H2,(H,27,28)(H,29,30). The average molecular weight is 391 g/mol. The molecular weight excluding hydrogens is 370 g/mol. The van der Waals surface area contributed by atoms with E-state index in [1.165, 1.54) is 11.1 Å². The van der Waals surface area contributed by atoms with Crippen molar-refractivity contribution in [3.8, 4) is 11.1 Å². The van der Waals surface area contributed by atoms with Crippen LogP contribution in [0.4, 0.5) is 11.4 Å². The second kappa shape index (κ2) is 7.84. The number of nitrogens with zero attached hydrogens (tertiary/aromatic N) is 1. The summed E-state index contributed by atoms with van der Waals surface area (Å²) in [6.45, 7) is 0.670. The molecule has 1 aliphatic rings. The number of fused-ring (bicyclic) bond motifs is 3. The number of nitrogens with one attached hydrogen (secondary N) is 2. The van der Waals surface area contributed by atoms with E-state index in [0.29, 0.717) is 6.54 Å². The van der Waals surface area contributed by atoms with Crippen LogP contribution in [-0.2, 0) is 13.0 Å². The number of amides is 1. The zero-order valence-electron chi connectivity index (χ0n) is 16.4. The molecule has 3 aromatic carbocycles. The Morgan fingerprint density at radius 3 is 2.53 bits per heavy atom. The van der Waals surface area contributed by atoms with Crippen LogP contribution in [-0.4, -0.2) is 10.9 Å². The average Bonchev–Trinajstić information content (AvgIpc) is 3.17. The van der Waals surface area contributed by atoms with E-state index in [-0.39, 0.29) is 5.91 Å². The zero-order chi connectivity index (χ0) is 20.3. The first kappa shape index (κ1) is 18.1. The molecule has 0 saturated heterocycles. The van der Waals surface area contributed by atoms with Gasteiger partial charge in [0.05, 0.1) is 0 Å². The molecule has 1 aliphatic carbocycles. The molecule has 0 bridgehead atoms. The second-order valence-corrected chi connectivity index (χ2v) is 7.41. The Morgan fingerprint density at radius 1 is 0.833 bits per heavy atom. The molecule has 4 aromatic rings. The predicted molar refractivity (Wildman–Crippen MR) is 121 cm³/mol. The maximum atomic E-state index is 13.1. The lowest BCUT2D eigenvalue weighted by atomic mass is 10.0. The van der Waals surface area contributed by atoms with Gasteiger partial charge in [-0.3, -0.25) is 9.78 Å². The van der Waals surface area contributed by atoms with Crippen molar-refractivity contribution in [2.45, 2.75) is 13.0 Å². The minimum Gasteiger partial charge on any atom is -0.381 e. The number of aromatic nitrogens is 1. The van der Waals surface area contributed by atoms with Crippen molar-refractivity contribution in [3.05, 3.63) is 114 Å². The molecule has 0 unspecified atom stereocenters. The second-order valence-electron chi connectivity index (χ2n) is 7.41. The van der Waals surface area contributed by atoms with Gasteiger partial charge >= 0.3 is 0 Å². The fourth-order valence-corrected chi connectivity index (χ4v) is 4.00. The van der Waals surface area contributed by atoms with Gasteiger partial charge in [0, 0.05) is 35.9 Å². The molecule has 146 valence electrons. The highest BCUT2D eigenvalue weighted by molar-refractivity contribution is 6.07. The van der Waals surface area contributed by atoms with Crippen LogP contribution in [0, 0.1) is 0 Å². The summed E-state index contributed by atoms with van der Waals surface area (Å²) < 4.78 is 0. The Hall–Kier alpha value is -3.92. The van der Waals surface area contributed by atoms with Crippen LogP contribution in [0.25, 0.3) is 11.1 Å². The third-order valence-electron chi connectivity index (χ3n) is 5.46. The van der Waals surface area contributed by atoms with Gasteiger partial charge in [0.2, 0.25) is 0 Å². The highest BCUT2D eigenvalue weighted by Gasteiger charge is 2.23. The predicted octanol–water partition coefficient (Wildman–Crippen LogP) is 5.52. The van der Waals surface area contributed by atoms with Gasteiger partial charge in [-0.2, -0.15) is 0 Å². The summed E-state index contributed by atoms with van der Waals surface area (Å²) in [5.74, 6) is -0.0705. The first-order chi connectivity index (χ1) is 14.8. The Balaban J connectivity index is 1.33. The normalized spacial score (nSPS) is 11.5. The Bertz CT molecular complexity index is 1220. The summed E-state index contributed by atoms with van der Waals surface area (Å²) in [4.78, 5) is 17.1. The van der Waals surface area contributed by atoms with E-state index in [2.05, 4.69) is 39.9 Å². The molecule has 30 heavy (non-hydrogen) atoms. The van der Waals surface area contributed by atoms with Gasteiger partial charge in [-0.25, -0.2) is 0 Å². The molecule has 0 atom stereocenters. The number of hydrogen-bond acceptors (Lipinski definition) is 3. The molecule has 0 fully saturated rings. The largest absolute Gasteiger partial charge is 0.381 e. The van der Waals surface area contributed by atoms with Gasteiger partial charge in [-0.05, 0) is 64.6 Å². The molecule has 4 heteroatoms. The van der Waals surface area contributed by atoms with Crippen molar-refractivity contribution in [1.82, 2.24) is 4.98 Å². The Morgan fingerprint density at radius 2 is 1.63 bits per heavy atom. The summed E-state index contributed by atoms with van der Waals surface area (Å²) in [7, 11) is 0. The van der Waals surface area contributed by atoms with Crippen molar-refractivity contribution in [3.63, 3.8) is 0 Å². The molecule has 1 heterocycles. The summed E-state index contributed by atoms with van der Waals surface area (Å²) in [5, 5.41) is 6.44. The SMILES string of the molecule is O=C(Nc1cccc(CNc2ccncc2)c1)c1cccc2c1Cc1ccccc1-2. The van der Waals surface area contributed by atoms with Gasteiger partial charge in [0.15, 0.2) is 0 Å². The lowest BCUT2D eigenvalue weighted by Gasteiger charge is -2.11. The van der Waals surface area contributed by atoms with Gasteiger partial charge < -0.3 is 10.6 Å². The van der Waals surface area contributed by atoms with E-state index < -0.39 is 0 Å². The van der Waals surface area contributed by atoms with Gasteiger partial charge in [0.1, 0.15) is 0 Å². The van der Waals surface area contributed by atoms with Gasteiger partial charge in [0.25, 0.3) is 5.91 Å². The van der Waals surface area contributed by atoms with Crippen LogP contribution in [0.3, 0.4) is 0 Å². The summed E-state index contributed by atoms with van der Waals surface area (Å²) in [5.41, 5.74) is 8.41. The van der Waals surface area contributed by atoms with Gasteiger partial charge in [-0.15, -0.1) is 0 Å². The van der Waals surface area contributed by atoms with E-state index in [9.17, 15) is 4.79 Å². The summed E-state index contributed by atoms with van der Waals surface area (Å²) >= 11 is 0. The highest BCUT2D eigenvalue weighted by atomic mass is 16.1. The monoisotopic (exact) mass is 391 g/mol. The van der Waals surface area contributed by atoms with E-state index >= 15 is 0 Å². The molecule has 1 aromatic heterocycles. The van der Waals surface area contributed by atoms with E-state index in [4.69, 9.17) is 0 Å². The third-order valence-corrected chi connectivity index (χ3v) is 5.46. The molecule has 0 radical (unpaired) electrons. The van der Waals surface area contributed by atoms with Crippen LogP contribution >= 0.6 is 0 Å². The number of pyridine rings is 1. The molecule has 0 spiro atoms. The lowest BCUT2D eigenvalue weighted by molar-refractivity contribution is 0.102. The molecule has 1 amide bonds. The zero-order valence-corrected chi connectivity index (χ0v) is 16.4. The number of hydrogen-bond donors (Lipinski definition) is 2. The van der Waals surface area contributed by atoms with Crippen LogP contribution in [0.15, 0.2) is 91.3 Å². The fourth-order valence-electron chi connectivity index (χ4n) is 4.00. The quantitative estimate of drug-likeness (QED) is 0.415. The molecule has 4 nitrogen and oxygen atoms in total. The van der Waals surface area contributed by atoms with Crippen molar-refractivity contribution in [2.24, 2.45) is 0 Å². The van der Waals surface area contributed by atoms with E-state index in [0.717, 1.165) is 40.0 Å². The number of anilines is 2. The number of carbonyl (C=O) groups is 1. The maximum absolute atomic E-state index is 13.1. The smallest absolute Gasteiger partial charge is 0.255 e. The van der Waals surface area contributed by atoms with Crippen LogP contribution in [0.2, 0.25) is 0 Å².